The van der Waals surface area contributed by atoms with Gasteiger partial charge in [0.1, 0.15) is 0 Å². The third kappa shape index (κ3) is 4.47. The van der Waals surface area contributed by atoms with Crippen LogP contribution in [-0.2, 0) is 19.6 Å². The van der Waals surface area contributed by atoms with Crippen LogP contribution in [0.4, 0.5) is 0 Å². The minimum Gasteiger partial charge on any atom is -0.315 e. The molecule has 0 radical (unpaired) electrons. The lowest BCUT2D eigenvalue weighted by atomic mass is 11.1. The van der Waals surface area contributed by atoms with Gasteiger partial charge < -0.3 is 20.4 Å². The molecule has 0 rings (SSSR count). The van der Waals surface area contributed by atoms with Crippen molar-refractivity contribution in [2.24, 2.45) is 0 Å². The summed E-state index contributed by atoms with van der Waals surface area (Å²) in [5, 5.41) is 47.8. The van der Waals surface area contributed by atoms with Crippen molar-refractivity contribution in [2.45, 2.75) is 12.3 Å². The molecule has 0 aromatic carbocycles. The third-order valence-corrected chi connectivity index (χ3v) is 0.497. The average Bonchev–Trinajstić information content (AvgIpc) is 2.02. The summed E-state index contributed by atoms with van der Waals surface area (Å²) in [6, 6.07) is 0. The fourth-order valence-corrected chi connectivity index (χ4v) is 0.139. The lowest BCUT2D eigenvalue weighted by Crippen LogP contribution is -2.42. The Hall–Kier alpha value is -0.400. The largest absolute Gasteiger partial charge is 0.461 e. The first-order valence-electron chi connectivity index (χ1n) is 2.24. The first-order chi connectivity index (χ1) is 5.33. The molecule has 12 heavy (non-hydrogen) atoms. The molecule has 0 aliphatic carbocycles. The van der Waals surface area contributed by atoms with Gasteiger partial charge in [-0.25, -0.2) is 10.5 Å². The van der Waals surface area contributed by atoms with Crippen molar-refractivity contribution >= 4 is 0 Å². The molecule has 0 unspecified atom stereocenters. The van der Waals surface area contributed by atoms with Crippen molar-refractivity contribution < 1.29 is 50.5 Å². The minimum absolute atomic E-state index is 2.78. The number of aliphatic hydroxyl groups is 4. The molecule has 6 N–H and O–H groups in total. The molecule has 0 aliphatic heterocycles. The molecule has 0 aromatic heterocycles. The van der Waals surface area contributed by atoms with Crippen molar-refractivity contribution in [3.8, 4) is 0 Å². The Morgan fingerprint density at radius 3 is 1.08 bits per heavy atom. The quantitative estimate of drug-likeness (QED) is 0.151. The van der Waals surface area contributed by atoms with Crippen molar-refractivity contribution in [3.63, 3.8) is 0 Å². The molecule has 0 aromatic rings. The van der Waals surface area contributed by atoms with E-state index in [-0.39, 0.29) is 0 Å². The average molecular weight is 190 g/mol. The molecule has 0 saturated heterocycles. The van der Waals surface area contributed by atoms with E-state index in [0.717, 1.165) is 0 Å². The number of hydrogen-bond donors (Lipinski definition) is 6. The summed E-state index contributed by atoms with van der Waals surface area (Å²) in [4.78, 5) is 11.9. The maximum Gasteiger partial charge on any atom is 0.461 e. The smallest absolute Gasteiger partial charge is 0.315 e. The second-order valence-electron chi connectivity index (χ2n) is 1.45. The molecule has 0 atom stereocenters. The second kappa shape index (κ2) is 4.01. The molecule has 0 spiro atoms. The van der Waals surface area contributed by atoms with E-state index in [1.54, 1.807) is 0 Å². The van der Waals surface area contributed by atoms with Gasteiger partial charge in [0.15, 0.2) is 0 Å². The lowest BCUT2D eigenvalue weighted by molar-refractivity contribution is -0.708. The molecule has 74 valence electrons. The van der Waals surface area contributed by atoms with E-state index in [9.17, 15) is 0 Å². The van der Waals surface area contributed by atoms with Gasteiger partial charge in [0.25, 0.3) is 0 Å². The van der Waals surface area contributed by atoms with Gasteiger partial charge >= 0.3 is 12.3 Å². The zero-order valence-electron chi connectivity index (χ0n) is 5.32. The maximum atomic E-state index is 8.16. The van der Waals surface area contributed by atoms with Gasteiger partial charge in [-0.05, 0) is 0 Å². The highest BCUT2D eigenvalue weighted by Crippen LogP contribution is 2.09. The molecule has 0 saturated carbocycles. The fraction of sp³-hybridized carbons (Fsp3) is 1.00. The van der Waals surface area contributed by atoms with E-state index in [2.05, 4.69) is 19.6 Å². The van der Waals surface area contributed by atoms with Gasteiger partial charge in [-0.1, -0.05) is 0 Å². The fourth-order valence-electron chi connectivity index (χ4n) is 0.139. The highest BCUT2D eigenvalue weighted by atomic mass is 17.4. The van der Waals surface area contributed by atoms with Crippen LogP contribution in [0.1, 0.15) is 0 Å². The standard InChI is InChI=1S/C2H6O10/c3-1(4,9-7)11-12-2(5,6)10-8/h3-8H. The summed E-state index contributed by atoms with van der Waals surface area (Å²) in [7, 11) is 0. The SMILES string of the molecule is OOC(O)(O)OOC(O)(O)OO. The summed E-state index contributed by atoms with van der Waals surface area (Å²) in [6.45, 7) is 0. The van der Waals surface area contributed by atoms with Gasteiger partial charge in [0.05, 0.1) is 0 Å². The summed E-state index contributed by atoms with van der Waals surface area (Å²) in [5.74, 6) is 0. The van der Waals surface area contributed by atoms with Gasteiger partial charge in [-0.2, -0.15) is 0 Å². The predicted octanol–water partition coefficient (Wildman–Crippen LogP) is -2.89. The first-order valence-corrected chi connectivity index (χ1v) is 2.24. The van der Waals surface area contributed by atoms with Crippen LogP contribution in [-0.4, -0.2) is 43.3 Å². The van der Waals surface area contributed by atoms with Crippen LogP contribution in [0.25, 0.3) is 0 Å². The van der Waals surface area contributed by atoms with Crippen LogP contribution in [0.2, 0.25) is 0 Å². The van der Waals surface area contributed by atoms with Crippen LogP contribution < -0.4 is 0 Å². The van der Waals surface area contributed by atoms with Crippen LogP contribution in [0.3, 0.4) is 0 Å². The number of hydrogen-bond acceptors (Lipinski definition) is 10. The van der Waals surface area contributed by atoms with Gasteiger partial charge in [0.2, 0.25) is 0 Å². The summed E-state index contributed by atoms with van der Waals surface area (Å²) >= 11 is 0. The monoisotopic (exact) mass is 190 g/mol. The Morgan fingerprint density at radius 1 is 0.667 bits per heavy atom. The van der Waals surface area contributed by atoms with Crippen molar-refractivity contribution in [1.29, 1.82) is 0 Å². The minimum atomic E-state index is -3.63. The molecular formula is C2H6O10. The van der Waals surface area contributed by atoms with Crippen molar-refractivity contribution in [1.82, 2.24) is 0 Å². The maximum absolute atomic E-state index is 8.16. The molecule has 0 aliphatic rings. The molecule has 0 fully saturated rings. The summed E-state index contributed by atoms with van der Waals surface area (Å²) in [5.41, 5.74) is 0. The Balaban J connectivity index is 3.82. The Morgan fingerprint density at radius 2 is 0.917 bits per heavy atom. The zero-order valence-corrected chi connectivity index (χ0v) is 5.32. The summed E-state index contributed by atoms with van der Waals surface area (Å²) in [6.07, 6.45) is -7.26. The van der Waals surface area contributed by atoms with E-state index in [4.69, 9.17) is 30.9 Å². The Kier molecular flexibility index (Phi) is 3.88. The van der Waals surface area contributed by atoms with Crippen molar-refractivity contribution in [3.05, 3.63) is 0 Å². The third-order valence-electron chi connectivity index (χ3n) is 0.497. The van der Waals surface area contributed by atoms with Crippen LogP contribution in [0.5, 0.6) is 0 Å². The van der Waals surface area contributed by atoms with Gasteiger partial charge in [-0.3, -0.25) is 0 Å². The number of rotatable bonds is 5. The van der Waals surface area contributed by atoms with E-state index < -0.39 is 12.3 Å². The van der Waals surface area contributed by atoms with Crippen molar-refractivity contribution in [2.75, 3.05) is 0 Å². The van der Waals surface area contributed by atoms with E-state index in [1.807, 2.05) is 0 Å². The predicted molar refractivity (Wildman–Crippen MR) is 23.9 cm³/mol. The lowest BCUT2D eigenvalue weighted by Gasteiger charge is -2.19. The van der Waals surface area contributed by atoms with E-state index in [0.29, 0.717) is 0 Å². The zero-order chi connectivity index (χ0) is 9.83. The van der Waals surface area contributed by atoms with E-state index >= 15 is 0 Å². The Bertz CT molecular complexity index is 112. The van der Waals surface area contributed by atoms with Crippen LogP contribution >= 0.6 is 0 Å². The van der Waals surface area contributed by atoms with Crippen LogP contribution in [0, 0.1) is 0 Å². The van der Waals surface area contributed by atoms with Crippen LogP contribution in [0.15, 0.2) is 0 Å². The topological polar surface area (TPSA) is 158 Å². The molecule has 10 nitrogen and oxygen atoms in total. The second-order valence-corrected chi connectivity index (χ2v) is 1.45. The molecule has 0 heterocycles. The first kappa shape index (κ1) is 11.6. The van der Waals surface area contributed by atoms with Gasteiger partial charge in [-0.15, -0.1) is 19.6 Å². The molecule has 0 amide bonds. The summed E-state index contributed by atoms with van der Waals surface area (Å²) < 4.78 is 0. The highest BCUT2D eigenvalue weighted by Gasteiger charge is 2.36. The molecule has 0 bridgehead atoms. The Labute approximate surface area is 64.1 Å². The molecular weight excluding hydrogens is 184 g/mol. The van der Waals surface area contributed by atoms with Gasteiger partial charge in [0, 0.05) is 0 Å². The van der Waals surface area contributed by atoms with E-state index in [1.165, 1.54) is 0 Å². The molecule has 10 heteroatoms. The highest BCUT2D eigenvalue weighted by molar-refractivity contribution is 4.17. The normalized spacial score (nSPS) is 13.5.